The molecule has 6 nitrogen and oxygen atoms in total. The molecule has 0 aliphatic carbocycles. The number of carbonyl (C=O) groups is 1. The number of anilines is 1. The van der Waals surface area contributed by atoms with Crippen molar-refractivity contribution in [3.8, 4) is 0 Å². The average molecular weight is 321 g/mol. The molecule has 0 bridgehead atoms. The summed E-state index contributed by atoms with van der Waals surface area (Å²) in [5, 5.41) is 20.1. The molecule has 0 aromatic carbocycles. The highest BCUT2D eigenvalue weighted by atomic mass is 16.4. The van der Waals surface area contributed by atoms with Crippen molar-refractivity contribution in [1.29, 1.82) is 0 Å². The third-order valence-electron chi connectivity index (χ3n) is 4.61. The maximum atomic E-state index is 11.9. The first kappa shape index (κ1) is 17.7. The molecule has 1 aliphatic heterocycles. The molecule has 6 heteroatoms. The molecule has 2 heterocycles. The molecule has 0 unspecified atom stereocenters. The Morgan fingerprint density at radius 1 is 1.39 bits per heavy atom. The summed E-state index contributed by atoms with van der Waals surface area (Å²) in [6.45, 7) is 6.81. The van der Waals surface area contributed by atoms with Gasteiger partial charge in [-0.1, -0.05) is 26.7 Å². The lowest BCUT2D eigenvalue weighted by molar-refractivity contribution is -0.158. The molecule has 1 aromatic rings. The maximum absolute atomic E-state index is 11.9. The van der Waals surface area contributed by atoms with Crippen LogP contribution in [0, 0.1) is 12.3 Å². The summed E-state index contributed by atoms with van der Waals surface area (Å²) in [6, 6.07) is 1.95. The van der Waals surface area contributed by atoms with Crippen LogP contribution in [0.4, 0.5) is 5.82 Å². The molecule has 0 radical (unpaired) electrons. The van der Waals surface area contributed by atoms with E-state index < -0.39 is 17.5 Å². The number of nitrogens with zero attached hydrogens (tertiary/aromatic N) is 3. The molecule has 128 valence electrons. The number of carboxylic acids is 1. The van der Waals surface area contributed by atoms with Crippen molar-refractivity contribution >= 4 is 11.8 Å². The lowest BCUT2D eigenvalue weighted by Crippen LogP contribution is -2.56. The summed E-state index contributed by atoms with van der Waals surface area (Å²) < 4.78 is 0. The number of aliphatic hydroxyl groups excluding tert-OH is 1. The summed E-state index contributed by atoms with van der Waals surface area (Å²) in [6.07, 6.45) is 2.70. The zero-order chi connectivity index (χ0) is 17.0. The Bertz CT molecular complexity index is 564. The van der Waals surface area contributed by atoms with Gasteiger partial charge in [0.05, 0.1) is 6.10 Å². The molecule has 23 heavy (non-hydrogen) atoms. The molecule has 0 saturated carbocycles. The van der Waals surface area contributed by atoms with Crippen LogP contribution in [0.25, 0.3) is 0 Å². The van der Waals surface area contributed by atoms with Gasteiger partial charge in [-0.15, -0.1) is 0 Å². The van der Waals surface area contributed by atoms with Crippen molar-refractivity contribution in [2.24, 2.45) is 5.41 Å². The van der Waals surface area contributed by atoms with Gasteiger partial charge in [-0.25, -0.2) is 9.97 Å². The first-order chi connectivity index (χ1) is 10.9. The van der Waals surface area contributed by atoms with Gasteiger partial charge >= 0.3 is 5.97 Å². The van der Waals surface area contributed by atoms with Crippen molar-refractivity contribution in [2.75, 3.05) is 18.0 Å². The summed E-state index contributed by atoms with van der Waals surface area (Å²) in [4.78, 5) is 22.8. The molecular formula is C17H27N3O3. The number of carboxylic acid groups (broad SMARTS) is 1. The second kappa shape index (κ2) is 7.25. The number of aliphatic carboxylic acids is 1. The van der Waals surface area contributed by atoms with Gasteiger partial charge in [0.15, 0.2) is 0 Å². The van der Waals surface area contributed by atoms with Gasteiger partial charge in [-0.2, -0.15) is 0 Å². The number of aliphatic hydroxyl groups is 1. The first-order valence-electron chi connectivity index (χ1n) is 8.44. The highest BCUT2D eigenvalue weighted by Crippen LogP contribution is 2.37. The normalized spacial score (nSPS) is 24.7. The van der Waals surface area contributed by atoms with Crippen LogP contribution in [0.15, 0.2) is 6.07 Å². The molecule has 1 fully saturated rings. The Hall–Kier alpha value is -1.69. The van der Waals surface area contributed by atoms with Gasteiger partial charge in [0.25, 0.3) is 0 Å². The van der Waals surface area contributed by atoms with Gasteiger partial charge in [0, 0.05) is 24.8 Å². The van der Waals surface area contributed by atoms with Crippen LogP contribution < -0.4 is 4.90 Å². The van der Waals surface area contributed by atoms with Crippen LogP contribution in [0.1, 0.15) is 51.0 Å². The predicted octanol–water partition coefficient (Wildman–Crippen LogP) is 2.18. The van der Waals surface area contributed by atoms with Gasteiger partial charge in [0.1, 0.15) is 17.1 Å². The van der Waals surface area contributed by atoms with E-state index in [4.69, 9.17) is 0 Å². The van der Waals surface area contributed by atoms with E-state index in [1.54, 1.807) is 0 Å². The zero-order valence-corrected chi connectivity index (χ0v) is 14.2. The second-order valence-electron chi connectivity index (χ2n) is 6.45. The maximum Gasteiger partial charge on any atom is 0.314 e. The van der Waals surface area contributed by atoms with Crippen molar-refractivity contribution in [3.63, 3.8) is 0 Å². The van der Waals surface area contributed by atoms with Crippen molar-refractivity contribution in [3.05, 3.63) is 17.6 Å². The molecular weight excluding hydrogens is 294 g/mol. The van der Waals surface area contributed by atoms with Crippen LogP contribution in [-0.2, 0) is 11.2 Å². The van der Waals surface area contributed by atoms with E-state index in [1.807, 2.05) is 24.8 Å². The van der Waals surface area contributed by atoms with Gasteiger partial charge < -0.3 is 15.1 Å². The minimum Gasteiger partial charge on any atom is -0.481 e. The summed E-state index contributed by atoms with van der Waals surface area (Å²) in [5.41, 5.74) is -0.130. The second-order valence-corrected chi connectivity index (χ2v) is 6.45. The lowest BCUT2D eigenvalue weighted by Gasteiger charge is -2.43. The first-order valence-corrected chi connectivity index (χ1v) is 8.44. The average Bonchev–Trinajstić information content (AvgIpc) is 2.49. The van der Waals surface area contributed by atoms with E-state index in [0.29, 0.717) is 31.8 Å². The molecule has 0 spiro atoms. The van der Waals surface area contributed by atoms with E-state index in [0.717, 1.165) is 30.8 Å². The third kappa shape index (κ3) is 3.63. The molecule has 1 saturated heterocycles. The van der Waals surface area contributed by atoms with E-state index >= 15 is 0 Å². The number of hydrogen-bond acceptors (Lipinski definition) is 5. The molecule has 1 aliphatic rings. The van der Waals surface area contributed by atoms with Crippen molar-refractivity contribution in [2.45, 2.75) is 59.0 Å². The van der Waals surface area contributed by atoms with Gasteiger partial charge in [0.2, 0.25) is 0 Å². The topological polar surface area (TPSA) is 86.5 Å². The Labute approximate surface area is 137 Å². The van der Waals surface area contributed by atoms with Crippen molar-refractivity contribution in [1.82, 2.24) is 9.97 Å². The monoisotopic (exact) mass is 321 g/mol. The Balaban J connectivity index is 2.32. The lowest BCUT2D eigenvalue weighted by atomic mass is 9.74. The van der Waals surface area contributed by atoms with E-state index in [1.165, 1.54) is 0 Å². The molecule has 0 amide bonds. The smallest absolute Gasteiger partial charge is 0.314 e. The number of rotatable bonds is 6. The number of hydrogen-bond donors (Lipinski definition) is 2. The quantitative estimate of drug-likeness (QED) is 0.835. The van der Waals surface area contributed by atoms with E-state index in [2.05, 4.69) is 16.9 Å². The summed E-state index contributed by atoms with van der Waals surface area (Å²) in [5.74, 6) is 0.555. The minimum atomic E-state index is -1.11. The molecule has 2 rings (SSSR count). The van der Waals surface area contributed by atoms with Crippen LogP contribution in [-0.4, -0.2) is 45.3 Å². The van der Waals surface area contributed by atoms with Crippen LogP contribution in [0.2, 0.25) is 0 Å². The Kier molecular flexibility index (Phi) is 5.57. The fourth-order valence-electron chi connectivity index (χ4n) is 3.44. The fourth-order valence-corrected chi connectivity index (χ4v) is 3.44. The van der Waals surface area contributed by atoms with Crippen LogP contribution in [0.3, 0.4) is 0 Å². The molecule has 2 N–H and O–H groups in total. The highest BCUT2D eigenvalue weighted by Gasteiger charge is 2.48. The zero-order valence-electron chi connectivity index (χ0n) is 14.2. The summed E-state index contributed by atoms with van der Waals surface area (Å²) >= 11 is 0. The number of aromatic nitrogens is 2. The minimum absolute atomic E-state index is 0.291. The largest absolute Gasteiger partial charge is 0.481 e. The molecule has 2 atom stereocenters. The van der Waals surface area contributed by atoms with Gasteiger partial charge in [-0.05, 0) is 26.2 Å². The van der Waals surface area contributed by atoms with Gasteiger partial charge in [-0.3, -0.25) is 4.79 Å². The molecule has 1 aromatic heterocycles. The fraction of sp³-hybridized carbons (Fsp3) is 0.706. The highest BCUT2D eigenvalue weighted by molar-refractivity contribution is 5.77. The Morgan fingerprint density at radius 2 is 2.13 bits per heavy atom. The van der Waals surface area contributed by atoms with Crippen LogP contribution >= 0.6 is 0 Å². The van der Waals surface area contributed by atoms with Crippen molar-refractivity contribution < 1.29 is 15.0 Å². The standard InChI is InChI=1S/C17H27N3O3/c1-4-6-13-10-15(19-12(3)18-13)20-9-7-14(21)17(11-20,8-5-2)16(22)23/h10,14,21H,4-9,11H2,1-3H3,(H,22,23)/t14-,17+/m0/s1. The number of aryl methyl sites for hydroxylation is 2. The third-order valence-corrected chi connectivity index (χ3v) is 4.61. The van der Waals surface area contributed by atoms with Crippen LogP contribution in [0.5, 0.6) is 0 Å². The number of piperidine rings is 1. The van der Waals surface area contributed by atoms with E-state index in [9.17, 15) is 15.0 Å². The predicted molar refractivity (Wildman–Crippen MR) is 88.6 cm³/mol. The van der Waals surface area contributed by atoms with E-state index in [-0.39, 0.29) is 0 Å². The Morgan fingerprint density at radius 3 is 2.74 bits per heavy atom. The summed E-state index contributed by atoms with van der Waals surface area (Å²) in [7, 11) is 0. The SMILES string of the molecule is CCCc1cc(N2CC[C@H](O)[C@](CCC)(C(=O)O)C2)nc(C)n1.